The number of esters is 1. The van der Waals surface area contributed by atoms with E-state index in [0.717, 1.165) is 57.8 Å². The predicted molar refractivity (Wildman–Crippen MR) is 182 cm³/mol. The van der Waals surface area contributed by atoms with Crippen LogP contribution in [0, 0.1) is 11.8 Å². The van der Waals surface area contributed by atoms with Crippen LogP contribution in [0.3, 0.4) is 0 Å². The molecular weight excluding hydrogens is 606 g/mol. The van der Waals surface area contributed by atoms with Gasteiger partial charge in [-0.05, 0) is 139 Å². The molecule has 0 aromatic heterocycles. The Balaban J connectivity index is 0.000000427. The third kappa shape index (κ3) is 13.5. The number of aliphatic carboxylic acids is 1. The van der Waals surface area contributed by atoms with Crippen LogP contribution < -0.4 is 5.32 Å². The summed E-state index contributed by atoms with van der Waals surface area (Å²) in [6.07, 6.45) is 7.24. The molecule has 0 spiro atoms. The highest BCUT2D eigenvalue weighted by Gasteiger charge is 2.51. The van der Waals surface area contributed by atoms with Crippen molar-refractivity contribution in [2.24, 2.45) is 11.8 Å². The maximum Gasteiger partial charge on any atom is 0.457 e. The van der Waals surface area contributed by atoms with Crippen LogP contribution in [0.5, 0.6) is 0 Å². The van der Waals surface area contributed by atoms with Gasteiger partial charge >= 0.3 is 32.3 Å². The number of carboxylic acids is 1. The second-order valence-corrected chi connectivity index (χ2v) is 16.3. The summed E-state index contributed by atoms with van der Waals surface area (Å²) in [5, 5.41) is 29.3. The van der Waals surface area contributed by atoms with Crippen LogP contribution in [0.2, 0.25) is 12.6 Å². The largest absolute Gasteiger partial charge is 0.480 e. The summed E-state index contributed by atoms with van der Waals surface area (Å²) in [5.74, 6) is -1.03. The Labute approximate surface area is 283 Å². The van der Waals surface area contributed by atoms with Gasteiger partial charge in [0.1, 0.15) is 23.3 Å². The molecule has 3 rings (SSSR count). The first-order valence-electron chi connectivity index (χ1n) is 17.4. The van der Waals surface area contributed by atoms with E-state index < -0.39 is 42.5 Å². The second kappa shape index (κ2) is 17.2. The highest BCUT2D eigenvalue weighted by molar-refractivity contribution is 6.45. The summed E-state index contributed by atoms with van der Waals surface area (Å²) in [6.45, 7) is 20.5. The number of carbonyl (C=O) groups excluding carboxylic acids is 2. The molecule has 3 aliphatic rings. The van der Waals surface area contributed by atoms with Gasteiger partial charge in [0.15, 0.2) is 0 Å². The molecule has 0 saturated carbocycles. The maximum atomic E-state index is 13.2. The average molecular weight is 668 g/mol. The van der Waals surface area contributed by atoms with Gasteiger partial charge in [0.25, 0.3) is 0 Å². The lowest BCUT2D eigenvalue weighted by atomic mass is 9.78. The Hall–Kier alpha value is -1.86. The van der Waals surface area contributed by atoms with Crippen molar-refractivity contribution in [1.82, 2.24) is 10.2 Å². The van der Waals surface area contributed by atoms with Crippen molar-refractivity contribution < 1.29 is 48.3 Å². The summed E-state index contributed by atoms with van der Waals surface area (Å²) in [6, 6.07) is -1.11. The number of hydrogen-bond donors (Lipinski definition) is 4. The van der Waals surface area contributed by atoms with Crippen LogP contribution in [-0.4, -0.2) is 99.9 Å². The number of amides is 1. The number of nitrogens with one attached hydrogen (secondary N) is 1. The SMILES string of the molecule is CC(C)(C)OC(=O)C1C(CCCB2OC(C)(C)C(C)(C)O2)CCCN1C(=O)OC(C)(C)C.O=C(O)C1NCCCC1CCCB(O)O. The van der Waals surface area contributed by atoms with E-state index in [-0.39, 0.29) is 36.1 Å². The minimum atomic E-state index is -1.27. The van der Waals surface area contributed by atoms with Gasteiger partial charge in [0.05, 0.1) is 11.2 Å². The maximum absolute atomic E-state index is 13.2. The fraction of sp³-hybridized carbons (Fsp3) is 0.909. The normalized spacial score (nSPS) is 25.8. The molecule has 0 radical (unpaired) electrons. The lowest BCUT2D eigenvalue weighted by molar-refractivity contribution is -0.165. The lowest BCUT2D eigenvalue weighted by Gasteiger charge is -2.41. The molecule has 12 nitrogen and oxygen atoms in total. The van der Waals surface area contributed by atoms with Gasteiger partial charge in [-0.25, -0.2) is 9.59 Å². The number of ether oxygens (including phenoxy) is 2. The van der Waals surface area contributed by atoms with Crippen LogP contribution in [-0.2, 0) is 28.4 Å². The molecule has 47 heavy (non-hydrogen) atoms. The van der Waals surface area contributed by atoms with E-state index in [0.29, 0.717) is 19.3 Å². The van der Waals surface area contributed by atoms with Crippen LogP contribution in [0.25, 0.3) is 0 Å². The number of hydrogen-bond acceptors (Lipinski definition) is 10. The number of piperidine rings is 2. The molecule has 0 aromatic rings. The minimum absolute atomic E-state index is 0.00791. The first-order valence-corrected chi connectivity index (χ1v) is 17.4. The fourth-order valence-electron chi connectivity index (χ4n) is 6.33. The molecule has 14 heteroatoms. The molecule has 0 aromatic carbocycles. The number of likely N-dealkylation sites (tertiary alicyclic amines) is 1. The fourth-order valence-corrected chi connectivity index (χ4v) is 6.33. The number of nitrogens with zero attached hydrogens (tertiary/aromatic N) is 1. The molecule has 4 atom stereocenters. The van der Waals surface area contributed by atoms with Crippen LogP contribution >= 0.6 is 0 Å². The van der Waals surface area contributed by atoms with Gasteiger partial charge in [-0.15, -0.1) is 0 Å². The molecule has 3 fully saturated rings. The van der Waals surface area contributed by atoms with Crippen molar-refractivity contribution in [2.75, 3.05) is 13.1 Å². The Morgan fingerprint density at radius 1 is 0.894 bits per heavy atom. The predicted octanol–water partition coefficient (Wildman–Crippen LogP) is 4.91. The van der Waals surface area contributed by atoms with E-state index in [1.165, 1.54) is 0 Å². The second-order valence-electron chi connectivity index (χ2n) is 16.3. The zero-order valence-electron chi connectivity index (χ0n) is 30.6. The van der Waals surface area contributed by atoms with Gasteiger partial charge in [0, 0.05) is 6.54 Å². The van der Waals surface area contributed by atoms with Crippen LogP contribution in [0.15, 0.2) is 0 Å². The van der Waals surface area contributed by atoms with E-state index in [1.54, 1.807) is 4.90 Å². The van der Waals surface area contributed by atoms with E-state index in [4.69, 9.17) is 33.9 Å². The zero-order chi connectivity index (χ0) is 35.8. The van der Waals surface area contributed by atoms with Crippen LogP contribution in [0.1, 0.15) is 121 Å². The van der Waals surface area contributed by atoms with Gasteiger partial charge < -0.3 is 39.3 Å². The number of carbonyl (C=O) groups is 3. The van der Waals surface area contributed by atoms with Crippen molar-refractivity contribution in [1.29, 1.82) is 0 Å². The Bertz CT molecular complexity index is 1010. The number of rotatable bonds is 10. The third-order valence-electron chi connectivity index (χ3n) is 9.24. The van der Waals surface area contributed by atoms with Gasteiger partial charge in [0.2, 0.25) is 0 Å². The number of carboxylic acid groups (broad SMARTS) is 1. The molecule has 3 saturated heterocycles. The molecule has 4 N–H and O–H groups in total. The monoisotopic (exact) mass is 668 g/mol. The van der Waals surface area contributed by atoms with E-state index in [1.807, 2.05) is 69.2 Å². The molecule has 3 heterocycles. The highest BCUT2D eigenvalue weighted by atomic mass is 16.7. The van der Waals surface area contributed by atoms with E-state index in [2.05, 4.69) is 5.32 Å². The Kier molecular flexibility index (Phi) is 15.1. The summed E-state index contributed by atoms with van der Waals surface area (Å²) in [4.78, 5) is 38.6. The summed E-state index contributed by atoms with van der Waals surface area (Å²) in [5.41, 5.74) is -1.95. The molecule has 0 bridgehead atoms. The van der Waals surface area contributed by atoms with Gasteiger partial charge in [-0.2, -0.15) is 0 Å². The standard InChI is InChI=1S/C24H44BNO6.C9H18BNO4/c1-21(2,3)29-19(27)18-17(14-12-16-26(18)20(28)30-22(4,5)6)13-11-15-25-31-23(7,8)24(9,10)32-25;12-9(13)8-7(4-2-6-11-8)3-1-5-10(14)15/h17-18H,11-16H2,1-10H3;7-8,11,14-15H,1-6H2,(H,12,13). The molecule has 3 aliphatic heterocycles. The van der Waals surface area contributed by atoms with Crippen molar-refractivity contribution in [3.05, 3.63) is 0 Å². The Morgan fingerprint density at radius 3 is 1.98 bits per heavy atom. The molecule has 4 unspecified atom stereocenters. The molecule has 270 valence electrons. The Morgan fingerprint density at radius 2 is 1.45 bits per heavy atom. The van der Waals surface area contributed by atoms with Crippen LogP contribution in [0.4, 0.5) is 4.79 Å². The third-order valence-corrected chi connectivity index (χ3v) is 9.24. The molecule has 0 aliphatic carbocycles. The first kappa shape index (κ1) is 41.3. The first-order chi connectivity index (χ1) is 21.5. The van der Waals surface area contributed by atoms with Crippen molar-refractivity contribution in [3.63, 3.8) is 0 Å². The summed E-state index contributed by atoms with van der Waals surface area (Å²) < 4.78 is 23.5. The summed E-state index contributed by atoms with van der Waals surface area (Å²) in [7, 11) is -1.53. The summed E-state index contributed by atoms with van der Waals surface area (Å²) >= 11 is 0. The topological polar surface area (TPSA) is 164 Å². The molecular formula is C33H62B2N2O10. The van der Waals surface area contributed by atoms with Gasteiger partial charge in [-0.1, -0.05) is 12.8 Å². The average Bonchev–Trinajstić information content (AvgIpc) is 3.12. The quantitative estimate of drug-likeness (QED) is 0.185. The van der Waals surface area contributed by atoms with Gasteiger partial charge in [-0.3, -0.25) is 9.69 Å². The van der Waals surface area contributed by atoms with Crippen molar-refractivity contribution in [3.8, 4) is 0 Å². The highest BCUT2D eigenvalue weighted by Crippen LogP contribution is 2.39. The minimum Gasteiger partial charge on any atom is -0.480 e. The van der Waals surface area contributed by atoms with Crippen molar-refractivity contribution >= 4 is 32.3 Å². The van der Waals surface area contributed by atoms with Crippen molar-refractivity contribution in [2.45, 2.75) is 168 Å². The zero-order valence-corrected chi connectivity index (χ0v) is 30.6. The van der Waals surface area contributed by atoms with E-state index >= 15 is 0 Å². The lowest BCUT2D eigenvalue weighted by Crippen LogP contribution is -2.55. The molecule has 1 amide bonds. The smallest absolute Gasteiger partial charge is 0.457 e. The van der Waals surface area contributed by atoms with E-state index in [9.17, 15) is 14.4 Å².